The van der Waals surface area contributed by atoms with Crippen LogP contribution in [-0.4, -0.2) is 23.4 Å². The lowest BCUT2D eigenvalue weighted by Gasteiger charge is -2.23. The Bertz CT molecular complexity index is 412. The Labute approximate surface area is 110 Å². The minimum atomic E-state index is -0.0523. The van der Waals surface area contributed by atoms with Crippen molar-refractivity contribution in [3.05, 3.63) is 33.8 Å². The first-order valence-corrected chi connectivity index (χ1v) is 6.31. The fourth-order valence-corrected chi connectivity index (χ4v) is 2.30. The lowest BCUT2D eigenvalue weighted by atomic mass is 10.2. The predicted molar refractivity (Wildman–Crippen MR) is 69.1 cm³/mol. The minimum Gasteiger partial charge on any atom is -0.334 e. The molecule has 5 heteroatoms. The normalized spacial score (nSPS) is 14.8. The molecule has 92 valence electrons. The number of carbonyl (C=O) groups is 1. The van der Waals surface area contributed by atoms with Crippen LogP contribution in [0.15, 0.2) is 18.2 Å². The summed E-state index contributed by atoms with van der Waals surface area (Å²) in [5, 5.41) is 1.18. The second kappa shape index (κ2) is 5.25. The molecule has 1 aromatic rings. The van der Waals surface area contributed by atoms with Gasteiger partial charge in [-0.2, -0.15) is 0 Å². The fourth-order valence-electron chi connectivity index (χ4n) is 1.78. The van der Waals surface area contributed by atoms with E-state index in [1.807, 2.05) is 0 Å². The fraction of sp³-hybridized carbons (Fsp3) is 0.417. The number of hydrogen-bond acceptors (Lipinski definition) is 2. The summed E-state index contributed by atoms with van der Waals surface area (Å²) < 4.78 is 0. The lowest BCUT2D eigenvalue weighted by Crippen LogP contribution is -2.37. The third kappa shape index (κ3) is 2.92. The van der Waals surface area contributed by atoms with E-state index in [4.69, 9.17) is 28.9 Å². The van der Waals surface area contributed by atoms with Crippen LogP contribution in [0, 0.1) is 0 Å². The van der Waals surface area contributed by atoms with Gasteiger partial charge in [-0.25, -0.2) is 0 Å². The van der Waals surface area contributed by atoms with Crippen LogP contribution >= 0.6 is 23.2 Å². The van der Waals surface area contributed by atoms with Crippen LogP contribution in [0.2, 0.25) is 10.0 Å². The van der Waals surface area contributed by atoms with Gasteiger partial charge >= 0.3 is 0 Å². The third-order valence-electron chi connectivity index (χ3n) is 2.87. The average molecular weight is 273 g/mol. The van der Waals surface area contributed by atoms with Crippen molar-refractivity contribution in [2.75, 3.05) is 6.54 Å². The van der Waals surface area contributed by atoms with Crippen molar-refractivity contribution in [2.45, 2.75) is 25.4 Å². The molecule has 17 heavy (non-hydrogen) atoms. The molecule has 1 aliphatic carbocycles. The molecule has 0 heterocycles. The first-order valence-electron chi connectivity index (χ1n) is 5.56. The molecule has 0 bridgehead atoms. The van der Waals surface area contributed by atoms with Gasteiger partial charge in [-0.05, 0) is 25.0 Å². The largest absolute Gasteiger partial charge is 0.334 e. The third-order valence-corrected chi connectivity index (χ3v) is 3.58. The summed E-state index contributed by atoms with van der Waals surface area (Å²) in [6, 6.07) is 5.65. The molecular weight excluding hydrogens is 259 g/mol. The number of halogens is 2. The Morgan fingerprint density at radius 1 is 1.35 bits per heavy atom. The van der Waals surface area contributed by atoms with Crippen molar-refractivity contribution in [2.24, 2.45) is 5.73 Å². The molecule has 1 aromatic carbocycles. The summed E-state index contributed by atoms with van der Waals surface area (Å²) in [6.07, 6.45) is 2.07. The summed E-state index contributed by atoms with van der Waals surface area (Å²) in [6.45, 7) is 0.470. The minimum absolute atomic E-state index is 0.0264. The van der Waals surface area contributed by atoms with Crippen LogP contribution in [0.4, 0.5) is 0 Å². The number of amides is 1. The van der Waals surface area contributed by atoms with E-state index < -0.39 is 0 Å². The maximum absolute atomic E-state index is 11.7. The van der Waals surface area contributed by atoms with Gasteiger partial charge in [-0.1, -0.05) is 29.3 Å². The van der Waals surface area contributed by atoms with Crippen LogP contribution in [-0.2, 0) is 11.3 Å². The van der Waals surface area contributed by atoms with Crippen molar-refractivity contribution in [3.8, 4) is 0 Å². The maximum atomic E-state index is 11.7. The smallest absolute Gasteiger partial charge is 0.236 e. The van der Waals surface area contributed by atoms with E-state index >= 15 is 0 Å². The van der Waals surface area contributed by atoms with Crippen molar-refractivity contribution in [3.63, 3.8) is 0 Å². The van der Waals surface area contributed by atoms with Crippen molar-refractivity contribution in [1.29, 1.82) is 0 Å². The first kappa shape index (κ1) is 12.7. The monoisotopic (exact) mass is 272 g/mol. The van der Waals surface area contributed by atoms with Gasteiger partial charge in [-0.15, -0.1) is 0 Å². The summed E-state index contributed by atoms with van der Waals surface area (Å²) in [4.78, 5) is 13.5. The molecule has 0 saturated heterocycles. The second-order valence-electron chi connectivity index (χ2n) is 4.16. The van der Waals surface area contributed by atoms with Gasteiger partial charge in [0, 0.05) is 28.2 Å². The van der Waals surface area contributed by atoms with Crippen LogP contribution in [0.1, 0.15) is 18.4 Å². The Hall–Kier alpha value is -0.770. The van der Waals surface area contributed by atoms with E-state index in [2.05, 4.69) is 0 Å². The highest BCUT2D eigenvalue weighted by Gasteiger charge is 2.32. The van der Waals surface area contributed by atoms with E-state index in [1.165, 1.54) is 0 Å². The average Bonchev–Trinajstić information content (AvgIpc) is 3.12. The second-order valence-corrected chi connectivity index (χ2v) is 4.97. The standard InChI is InChI=1S/C12H14Cl2N2O/c13-10-2-1-3-11(14)9(10)7-16(8-4-5-8)12(17)6-15/h1-3,8H,4-7,15H2. The predicted octanol–water partition coefficient (Wildman–Crippen LogP) is 2.44. The van der Waals surface area contributed by atoms with Gasteiger partial charge in [0.05, 0.1) is 6.54 Å². The quantitative estimate of drug-likeness (QED) is 0.915. The molecule has 0 spiro atoms. The highest BCUT2D eigenvalue weighted by atomic mass is 35.5. The molecule has 0 aliphatic heterocycles. The Balaban J connectivity index is 2.20. The molecule has 2 rings (SSSR count). The summed E-state index contributed by atoms with van der Waals surface area (Å²) in [5.41, 5.74) is 6.21. The number of nitrogens with zero attached hydrogens (tertiary/aromatic N) is 1. The van der Waals surface area contributed by atoms with Gasteiger partial charge in [0.1, 0.15) is 0 Å². The number of carbonyl (C=O) groups excluding carboxylic acids is 1. The topological polar surface area (TPSA) is 46.3 Å². The Kier molecular flexibility index (Phi) is 3.92. The van der Waals surface area contributed by atoms with E-state index in [0.717, 1.165) is 18.4 Å². The molecule has 1 amide bonds. The number of benzene rings is 1. The van der Waals surface area contributed by atoms with Crippen molar-refractivity contribution < 1.29 is 4.79 Å². The molecule has 3 nitrogen and oxygen atoms in total. The van der Waals surface area contributed by atoms with Crippen LogP contribution < -0.4 is 5.73 Å². The summed E-state index contributed by atoms with van der Waals surface area (Å²) in [5.74, 6) is -0.0523. The highest BCUT2D eigenvalue weighted by molar-refractivity contribution is 6.36. The van der Waals surface area contributed by atoms with Crippen LogP contribution in [0.5, 0.6) is 0 Å². The van der Waals surface area contributed by atoms with Gasteiger partial charge in [0.25, 0.3) is 0 Å². The van der Waals surface area contributed by atoms with Crippen molar-refractivity contribution in [1.82, 2.24) is 4.90 Å². The Morgan fingerprint density at radius 3 is 2.41 bits per heavy atom. The van der Waals surface area contributed by atoms with Gasteiger partial charge in [0.15, 0.2) is 0 Å². The first-order chi connectivity index (χ1) is 8.13. The molecule has 0 atom stereocenters. The molecule has 1 fully saturated rings. The van der Waals surface area contributed by atoms with E-state index in [-0.39, 0.29) is 12.5 Å². The number of rotatable bonds is 4. The van der Waals surface area contributed by atoms with Crippen molar-refractivity contribution >= 4 is 29.1 Å². The van der Waals surface area contributed by atoms with Gasteiger partial charge < -0.3 is 10.6 Å². The molecule has 0 unspecified atom stereocenters. The zero-order valence-corrected chi connectivity index (χ0v) is 10.8. The van der Waals surface area contributed by atoms with E-state index in [0.29, 0.717) is 22.6 Å². The van der Waals surface area contributed by atoms with E-state index in [1.54, 1.807) is 23.1 Å². The molecule has 0 aromatic heterocycles. The molecular formula is C12H14Cl2N2O. The SMILES string of the molecule is NCC(=O)N(Cc1c(Cl)cccc1Cl)C1CC1. The summed E-state index contributed by atoms with van der Waals surface area (Å²) in [7, 11) is 0. The zero-order chi connectivity index (χ0) is 12.4. The number of hydrogen-bond donors (Lipinski definition) is 1. The summed E-state index contributed by atoms with van der Waals surface area (Å²) >= 11 is 12.2. The van der Waals surface area contributed by atoms with Gasteiger partial charge in [0.2, 0.25) is 5.91 Å². The van der Waals surface area contributed by atoms with Gasteiger partial charge in [-0.3, -0.25) is 4.79 Å². The maximum Gasteiger partial charge on any atom is 0.236 e. The number of nitrogens with two attached hydrogens (primary N) is 1. The molecule has 0 radical (unpaired) electrons. The van der Waals surface area contributed by atoms with Crippen LogP contribution in [0.3, 0.4) is 0 Å². The Morgan fingerprint density at radius 2 is 1.94 bits per heavy atom. The molecule has 1 saturated carbocycles. The molecule has 2 N–H and O–H groups in total. The lowest BCUT2D eigenvalue weighted by molar-refractivity contribution is -0.130. The van der Waals surface area contributed by atoms with E-state index in [9.17, 15) is 4.79 Å². The molecule has 1 aliphatic rings. The van der Waals surface area contributed by atoms with Crippen LogP contribution in [0.25, 0.3) is 0 Å². The zero-order valence-electron chi connectivity index (χ0n) is 9.33. The highest BCUT2D eigenvalue weighted by Crippen LogP contribution is 2.32.